The Morgan fingerprint density at radius 3 is 2.41 bits per heavy atom. The van der Waals surface area contributed by atoms with Crippen molar-refractivity contribution in [1.29, 1.82) is 0 Å². The van der Waals surface area contributed by atoms with Crippen molar-refractivity contribution in [1.82, 2.24) is 15.3 Å². The van der Waals surface area contributed by atoms with Crippen molar-refractivity contribution in [2.24, 2.45) is 17.8 Å². The third-order valence-electron chi connectivity index (χ3n) is 6.00. The fourth-order valence-corrected chi connectivity index (χ4v) is 4.36. The molecule has 2 N–H and O–H groups in total. The molecule has 0 bridgehead atoms. The number of hydrogen-bond donors (Lipinski definition) is 2. The van der Waals surface area contributed by atoms with Crippen molar-refractivity contribution in [2.45, 2.75) is 63.8 Å². The molecular formula is C19H29N3O5. The molecule has 8 nitrogen and oxygen atoms in total. The highest BCUT2D eigenvalue weighted by Crippen LogP contribution is 2.32. The lowest BCUT2D eigenvalue weighted by atomic mass is 9.91. The van der Waals surface area contributed by atoms with Gasteiger partial charge in [0.15, 0.2) is 0 Å². The van der Waals surface area contributed by atoms with E-state index in [-0.39, 0.29) is 24.3 Å². The maximum Gasteiger partial charge on any atom is 0.249 e. The molecular weight excluding hydrogens is 350 g/mol. The maximum absolute atomic E-state index is 13.1. The maximum atomic E-state index is 13.1. The summed E-state index contributed by atoms with van der Waals surface area (Å²) in [7, 11) is 0. The van der Waals surface area contributed by atoms with E-state index in [1.165, 1.54) is 4.90 Å². The number of carbonyl (C=O) groups excluding carboxylic acids is 4. The van der Waals surface area contributed by atoms with Crippen LogP contribution in [-0.4, -0.2) is 58.4 Å². The number of hydroxylamine groups is 2. The minimum atomic E-state index is -0.644. The number of rotatable bonds is 8. The first-order valence-corrected chi connectivity index (χ1v) is 10.1. The van der Waals surface area contributed by atoms with Crippen LogP contribution in [0.15, 0.2) is 0 Å². The van der Waals surface area contributed by atoms with Crippen molar-refractivity contribution < 1.29 is 24.4 Å². The highest BCUT2D eigenvalue weighted by Gasteiger charge is 2.40. The van der Waals surface area contributed by atoms with E-state index >= 15 is 0 Å². The Morgan fingerprint density at radius 2 is 1.78 bits per heavy atom. The summed E-state index contributed by atoms with van der Waals surface area (Å²) in [5.74, 6) is -1.05. The Morgan fingerprint density at radius 1 is 1.07 bits per heavy atom. The smallest absolute Gasteiger partial charge is 0.249 e. The summed E-state index contributed by atoms with van der Waals surface area (Å²) < 4.78 is 0. The number of likely N-dealkylation sites (tertiary alicyclic amines) is 1. The van der Waals surface area contributed by atoms with Gasteiger partial charge in [-0.25, -0.2) is 5.06 Å². The molecule has 2 atom stereocenters. The third kappa shape index (κ3) is 5.06. The number of carbonyl (C=O) groups is 4. The van der Waals surface area contributed by atoms with E-state index in [0.29, 0.717) is 43.2 Å². The van der Waals surface area contributed by atoms with Crippen molar-refractivity contribution in [3.8, 4) is 0 Å². The Balaban J connectivity index is 1.65. The molecule has 0 spiro atoms. The van der Waals surface area contributed by atoms with Crippen LogP contribution in [0, 0.1) is 17.8 Å². The molecule has 0 aromatic carbocycles. The predicted octanol–water partition coefficient (Wildman–Crippen LogP) is 1.07. The lowest BCUT2D eigenvalue weighted by Gasteiger charge is -2.30. The lowest BCUT2D eigenvalue weighted by Crippen LogP contribution is -2.50. The average molecular weight is 379 g/mol. The first-order chi connectivity index (χ1) is 13.0. The molecule has 8 heteroatoms. The van der Waals surface area contributed by atoms with Crippen LogP contribution >= 0.6 is 0 Å². The summed E-state index contributed by atoms with van der Waals surface area (Å²) in [5.41, 5.74) is 0. The second-order valence-electron chi connectivity index (χ2n) is 8.13. The molecule has 2 saturated carbocycles. The van der Waals surface area contributed by atoms with Crippen molar-refractivity contribution in [3.63, 3.8) is 0 Å². The van der Waals surface area contributed by atoms with Crippen LogP contribution in [0.3, 0.4) is 0 Å². The molecule has 1 saturated heterocycles. The highest BCUT2D eigenvalue weighted by molar-refractivity contribution is 6.01. The first kappa shape index (κ1) is 19.8. The molecule has 0 aromatic heterocycles. The molecule has 2 aliphatic carbocycles. The number of amides is 4. The standard InChI is InChI=1S/C19H29N3O5/c23-12-21(27)11-15(10-13-4-1-2-5-13)19(26)22-9-3-6-16(22)18(25)20-17(24)14-7-8-14/h12-16,27H,1-11H2,(H,20,24,25)/t15-,16+/m1/s1. The van der Waals surface area contributed by atoms with E-state index in [1.807, 2.05) is 0 Å². The van der Waals surface area contributed by atoms with Crippen LogP contribution < -0.4 is 5.32 Å². The first-order valence-electron chi connectivity index (χ1n) is 10.1. The molecule has 3 aliphatic rings. The molecule has 3 rings (SSSR count). The zero-order valence-corrected chi connectivity index (χ0v) is 15.6. The van der Waals surface area contributed by atoms with E-state index < -0.39 is 17.9 Å². The number of hydrogen-bond acceptors (Lipinski definition) is 5. The normalized spacial score (nSPS) is 23.9. The van der Waals surface area contributed by atoms with Gasteiger partial charge >= 0.3 is 0 Å². The predicted molar refractivity (Wildman–Crippen MR) is 95.2 cm³/mol. The Labute approximate surface area is 159 Å². The van der Waals surface area contributed by atoms with Gasteiger partial charge in [-0.1, -0.05) is 25.7 Å². The van der Waals surface area contributed by atoms with Crippen molar-refractivity contribution in [3.05, 3.63) is 0 Å². The Hall–Kier alpha value is -1.96. The largest absolute Gasteiger partial charge is 0.330 e. The van der Waals surface area contributed by atoms with Gasteiger partial charge in [-0.15, -0.1) is 0 Å². The molecule has 0 unspecified atom stereocenters. The van der Waals surface area contributed by atoms with Gasteiger partial charge in [0, 0.05) is 12.5 Å². The zero-order chi connectivity index (χ0) is 19.4. The van der Waals surface area contributed by atoms with Gasteiger partial charge in [-0.3, -0.25) is 29.7 Å². The van der Waals surface area contributed by atoms with Crippen LogP contribution in [0.2, 0.25) is 0 Å². The molecule has 0 radical (unpaired) electrons. The van der Waals surface area contributed by atoms with E-state index in [0.717, 1.165) is 38.5 Å². The van der Waals surface area contributed by atoms with Crippen LogP contribution in [0.25, 0.3) is 0 Å². The topological polar surface area (TPSA) is 107 Å². The molecule has 4 amide bonds. The van der Waals surface area contributed by atoms with Gasteiger partial charge in [0.05, 0.1) is 12.5 Å². The van der Waals surface area contributed by atoms with Crippen molar-refractivity contribution in [2.75, 3.05) is 13.1 Å². The average Bonchev–Trinajstić information content (AvgIpc) is 3.17. The molecule has 1 heterocycles. The fraction of sp³-hybridized carbons (Fsp3) is 0.789. The minimum absolute atomic E-state index is 0.0647. The molecule has 3 fully saturated rings. The SMILES string of the molecule is O=CN(O)C[C@@H](CC1CCCC1)C(=O)N1CCC[C@H]1C(=O)NC(=O)C1CC1. The third-order valence-corrected chi connectivity index (χ3v) is 6.00. The second kappa shape index (κ2) is 8.82. The van der Waals surface area contributed by atoms with E-state index in [1.54, 1.807) is 0 Å². The quantitative estimate of drug-likeness (QED) is 0.284. The van der Waals surface area contributed by atoms with E-state index in [9.17, 15) is 24.4 Å². The van der Waals surface area contributed by atoms with Gasteiger partial charge in [-0.05, 0) is 38.0 Å². The van der Waals surface area contributed by atoms with Crippen molar-refractivity contribution >= 4 is 24.1 Å². The summed E-state index contributed by atoms with van der Waals surface area (Å²) in [5, 5.41) is 12.6. The Kier molecular flexibility index (Phi) is 6.46. The molecule has 1 aliphatic heterocycles. The summed E-state index contributed by atoms with van der Waals surface area (Å²) in [4.78, 5) is 49.9. The van der Waals surface area contributed by atoms with Gasteiger partial charge < -0.3 is 4.90 Å². The summed E-state index contributed by atoms with van der Waals surface area (Å²) >= 11 is 0. The monoisotopic (exact) mass is 379 g/mol. The van der Waals surface area contributed by atoms with Crippen LogP contribution in [0.5, 0.6) is 0 Å². The fourth-order valence-electron chi connectivity index (χ4n) is 4.36. The summed E-state index contributed by atoms with van der Waals surface area (Å²) in [6.45, 7) is 0.396. The van der Waals surface area contributed by atoms with Crippen LogP contribution in [0.4, 0.5) is 0 Å². The van der Waals surface area contributed by atoms with E-state index in [2.05, 4.69) is 5.32 Å². The zero-order valence-electron chi connectivity index (χ0n) is 15.6. The summed E-state index contributed by atoms with van der Waals surface area (Å²) in [6, 6.07) is -0.644. The number of nitrogens with one attached hydrogen (secondary N) is 1. The second-order valence-corrected chi connectivity index (χ2v) is 8.13. The number of imide groups is 1. The van der Waals surface area contributed by atoms with Crippen LogP contribution in [-0.2, 0) is 19.2 Å². The lowest BCUT2D eigenvalue weighted by molar-refractivity contribution is -0.158. The molecule has 27 heavy (non-hydrogen) atoms. The molecule has 0 aromatic rings. The van der Waals surface area contributed by atoms with Gasteiger partial charge in [0.25, 0.3) is 0 Å². The number of nitrogens with zero attached hydrogens (tertiary/aromatic N) is 2. The minimum Gasteiger partial charge on any atom is -0.330 e. The summed E-state index contributed by atoms with van der Waals surface area (Å²) in [6.07, 6.45) is 8.15. The molecule has 150 valence electrons. The van der Waals surface area contributed by atoms with E-state index in [4.69, 9.17) is 0 Å². The van der Waals surface area contributed by atoms with Gasteiger partial charge in [0.2, 0.25) is 24.1 Å². The highest BCUT2D eigenvalue weighted by atomic mass is 16.5. The van der Waals surface area contributed by atoms with Gasteiger partial charge in [-0.2, -0.15) is 0 Å². The Bertz CT molecular complexity index is 586. The van der Waals surface area contributed by atoms with Crippen LogP contribution in [0.1, 0.15) is 57.8 Å². The van der Waals surface area contributed by atoms with Gasteiger partial charge in [0.1, 0.15) is 6.04 Å².